The van der Waals surface area contributed by atoms with Crippen molar-refractivity contribution >= 4 is 5.69 Å². The molecule has 0 radical (unpaired) electrons. The third-order valence-corrected chi connectivity index (χ3v) is 2.56. The van der Waals surface area contributed by atoms with Crippen LogP contribution in [0.25, 0.3) is 0 Å². The molecular formula is C14H14N2O3. The van der Waals surface area contributed by atoms with E-state index in [1.165, 1.54) is 12.1 Å². The van der Waals surface area contributed by atoms with Gasteiger partial charge in [0.05, 0.1) is 4.92 Å². The van der Waals surface area contributed by atoms with Gasteiger partial charge in [-0.3, -0.25) is 10.1 Å². The van der Waals surface area contributed by atoms with Crippen molar-refractivity contribution in [2.75, 3.05) is 7.05 Å². The molecule has 0 saturated carbocycles. The maximum atomic E-state index is 10.5. The van der Waals surface area contributed by atoms with E-state index < -0.39 is 4.92 Å². The molecule has 0 fully saturated rings. The summed E-state index contributed by atoms with van der Waals surface area (Å²) in [6, 6.07) is 13.7. The molecule has 0 spiro atoms. The smallest absolute Gasteiger partial charge is 0.269 e. The van der Waals surface area contributed by atoms with Gasteiger partial charge < -0.3 is 10.1 Å². The molecule has 2 aromatic carbocycles. The average Bonchev–Trinajstić information content (AvgIpc) is 2.40. The van der Waals surface area contributed by atoms with E-state index in [9.17, 15) is 10.1 Å². The lowest BCUT2D eigenvalue weighted by molar-refractivity contribution is -0.384. The summed E-state index contributed by atoms with van der Waals surface area (Å²) in [6.45, 7) is 0.761. The Bertz CT molecular complexity index is 567. The molecule has 1 N–H and O–H groups in total. The predicted molar refractivity (Wildman–Crippen MR) is 72.4 cm³/mol. The third-order valence-electron chi connectivity index (χ3n) is 2.56. The molecule has 5 nitrogen and oxygen atoms in total. The molecule has 0 unspecified atom stereocenters. The van der Waals surface area contributed by atoms with E-state index in [-0.39, 0.29) is 5.69 Å². The number of hydrogen-bond donors (Lipinski definition) is 1. The second-order valence-corrected chi connectivity index (χ2v) is 4.03. The quantitative estimate of drug-likeness (QED) is 0.661. The zero-order chi connectivity index (χ0) is 13.7. The van der Waals surface area contributed by atoms with E-state index in [0.29, 0.717) is 11.5 Å². The Balaban J connectivity index is 2.12. The number of ether oxygens (including phenoxy) is 1. The van der Waals surface area contributed by atoms with E-state index in [1.54, 1.807) is 12.1 Å². The summed E-state index contributed by atoms with van der Waals surface area (Å²) < 4.78 is 5.65. The largest absolute Gasteiger partial charge is 0.457 e. The van der Waals surface area contributed by atoms with Crippen LogP contribution < -0.4 is 10.1 Å². The molecule has 0 aromatic heterocycles. The van der Waals surface area contributed by atoms with E-state index in [1.807, 2.05) is 31.3 Å². The fourth-order valence-corrected chi connectivity index (χ4v) is 1.70. The molecule has 0 saturated heterocycles. The van der Waals surface area contributed by atoms with E-state index in [4.69, 9.17) is 4.74 Å². The molecule has 0 amide bonds. The van der Waals surface area contributed by atoms with E-state index in [0.717, 1.165) is 12.1 Å². The summed E-state index contributed by atoms with van der Waals surface area (Å²) in [4.78, 5) is 10.1. The van der Waals surface area contributed by atoms with Crippen LogP contribution in [0.2, 0.25) is 0 Å². The molecule has 0 aliphatic heterocycles. The maximum absolute atomic E-state index is 10.5. The van der Waals surface area contributed by atoms with Crippen LogP contribution >= 0.6 is 0 Å². The molecule has 2 rings (SSSR count). The van der Waals surface area contributed by atoms with Crippen molar-refractivity contribution in [3.05, 3.63) is 64.2 Å². The molecule has 0 aliphatic rings. The maximum Gasteiger partial charge on any atom is 0.269 e. The number of non-ortho nitro benzene ring substituents is 1. The minimum absolute atomic E-state index is 0.0521. The number of nitrogens with zero attached hydrogens (tertiary/aromatic N) is 1. The van der Waals surface area contributed by atoms with Gasteiger partial charge in [0.15, 0.2) is 0 Å². The molecule has 0 bridgehead atoms. The summed E-state index contributed by atoms with van der Waals surface area (Å²) in [6.07, 6.45) is 0. The highest BCUT2D eigenvalue weighted by Gasteiger charge is 2.05. The first-order valence-electron chi connectivity index (χ1n) is 5.85. The lowest BCUT2D eigenvalue weighted by Gasteiger charge is -2.07. The first-order chi connectivity index (χ1) is 9.19. The summed E-state index contributed by atoms with van der Waals surface area (Å²) in [5.41, 5.74) is 1.16. The minimum atomic E-state index is -0.433. The summed E-state index contributed by atoms with van der Waals surface area (Å²) in [7, 11) is 1.88. The Morgan fingerprint density at radius 1 is 1.16 bits per heavy atom. The van der Waals surface area contributed by atoms with Gasteiger partial charge in [-0.15, -0.1) is 0 Å². The molecule has 2 aromatic rings. The highest BCUT2D eigenvalue weighted by molar-refractivity contribution is 5.39. The van der Waals surface area contributed by atoms with Gasteiger partial charge in [0.25, 0.3) is 5.69 Å². The lowest BCUT2D eigenvalue weighted by atomic mass is 10.2. The van der Waals surface area contributed by atoms with Crippen molar-refractivity contribution in [3.8, 4) is 11.5 Å². The van der Waals surface area contributed by atoms with Crippen LogP contribution in [0.1, 0.15) is 5.56 Å². The Hall–Kier alpha value is -2.40. The number of nitrogens with one attached hydrogen (secondary N) is 1. The van der Waals surface area contributed by atoms with Gasteiger partial charge in [0.2, 0.25) is 0 Å². The molecule has 5 heteroatoms. The van der Waals surface area contributed by atoms with Crippen molar-refractivity contribution in [2.24, 2.45) is 0 Å². The van der Waals surface area contributed by atoms with Gasteiger partial charge in [0, 0.05) is 18.7 Å². The average molecular weight is 258 g/mol. The molecular weight excluding hydrogens is 244 g/mol. The van der Waals surface area contributed by atoms with Crippen molar-refractivity contribution in [3.63, 3.8) is 0 Å². The zero-order valence-electron chi connectivity index (χ0n) is 10.5. The van der Waals surface area contributed by atoms with Gasteiger partial charge >= 0.3 is 0 Å². The SMILES string of the molecule is CNCc1cccc(Oc2ccc([N+](=O)[O-])cc2)c1. The first-order valence-corrected chi connectivity index (χ1v) is 5.85. The van der Waals surface area contributed by atoms with Crippen LogP contribution in [0.5, 0.6) is 11.5 Å². The molecule has 0 aliphatic carbocycles. The Morgan fingerprint density at radius 2 is 1.89 bits per heavy atom. The fourth-order valence-electron chi connectivity index (χ4n) is 1.70. The molecule has 98 valence electrons. The highest BCUT2D eigenvalue weighted by Crippen LogP contribution is 2.24. The Labute approximate surface area is 111 Å². The number of nitro groups is 1. The number of benzene rings is 2. The van der Waals surface area contributed by atoms with Gasteiger partial charge in [-0.1, -0.05) is 12.1 Å². The van der Waals surface area contributed by atoms with Gasteiger partial charge in [0.1, 0.15) is 11.5 Å². The molecule has 0 heterocycles. The van der Waals surface area contributed by atoms with Crippen LogP contribution in [0.3, 0.4) is 0 Å². The number of rotatable bonds is 5. The zero-order valence-corrected chi connectivity index (χ0v) is 10.5. The minimum Gasteiger partial charge on any atom is -0.457 e. The summed E-state index contributed by atoms with van der Waals surface area (Å²) in [5, 5.41) is 13.6. The predicted octanol–water partition coefficient (Wildman–Crippen LogP) is 3.11. The Kier molecular flexibility index (Phi) is 4.10. The second kappa shape index (κ2) is 5.97. The first kappa shape index (κ1) is 13.0. The monoisotopic (exact) mass is 258 g/mol. The normalized spacial score (nSPS) is 10.2. The van der Waals surface area contributed by atoms with Gasteiger partial charge in [-0.05, 0) is 36.9 Å². The number of nitro benzene ring substituents is 1. The third kappa shape index (κ3) is 3.53. The van der Waals surface area contributed by atoms with E-state index >= 15 is 0 Å². The van der Waals surface area contributed by atoms with Gasteiger partial charge in [-0.2, -0.15) is 0 Å². The van der Waals surface area contributed by atoms with E-state index in [2.05, 4.69) is 5.32 Å². The lowest BCUT2D eigenvalue weighted by Crippen LogP contribution is -2.04. The van der Waals surface area contributed by atoms with Crippen LogP contribution in [-0.2, 0) is 6.54 Å². The second-order valence-electron chi connectivity index (χ2n) is 4.03. The topological polar surface area (TPSA) is 64.4 Å². The van der Waals surface area contributed by atoms with Gasteiger partial charge in [-0.25, -0.2) is 0 Å². The molecule has 19 heavy (non-hydrogen) atoms. The van der Waals surface area contributed by atoms with Crippen LogP contribution in [0.4, 0.5) is 5.69 Å². The Morgan fingerprint density at radius 3 is 2.53 bits per heavy atom. The van der Waals surface area contributed by atoms with Crippen molar-refractivity contribution in [1.82, 2.24) is 5.32 Å². The standard InChI is InChI=1S/C14H14N2O3/c1-15-10-11-3-2-4-14(9-11)19-13-7-5-12(6-8-13)16(17)18/h2-9,15H,10H2,1H3. The van der Waals surface area contributed by atoms with Crippen LogP contribution in [0, 0.1) is 10.1 Å². The van der Waals surface area contributed by atoms with Crippen molar-refractivity contribution in [1.29, 1.82) is 0 Å². The summed E-state index contributed by atoms with van der Waals surface area (Å²) >= 11 is 0. The van der Waals surface area contributed by atoms with Crippen LogP contribution in [-0.4, -0.2) is 12.0 Å². The number of hydrogen-bond acceptors (Lipinski definition) is 4. The van der Waals surface area contributed by atoms with Crippen LogP contribution in [0.15, 0.2) is 48.5 Å². The van der Waals surface area contributed by atoms with Crippen molar-refractivity contribution in [2.45, 2.75) is 6.54 Å². The molecule has 0 atom stereocenters. The fraction of sp³-hybridized carbons (Fsp3) is 0.143. The summed E-state index contributed by atoms with van der Waals surface area (Å²) in [5.74, 6) is 1.29. The van der Waals surface area contributed by atoms with Crippen molar-refractivity contribution < 1.29 is 9.66 Å². The highest BCUT2D eigenvalue weighted by atomic mass is 16.6.